The van der Waals surface area contributed by atoms with Gasteiger partial charge in [-0.3, -0.25) is 13.9 Å². The Bertz CT molecular complexity index is 1870. The molecule has 3 fully saturated rings. The maximum atomic E-state index is 13.8. The van der Waals surface area contributed by atoms with Crippen molar-refractivity contribution in [2.45, 2.75) is 69.7 Å². The number of fused-ring (bicyclic) bond motifs is 4. The number of nitrogens with zero attached hydrogens (tertiary/aromatic N) is 5. The van der Waals surface area contributed by atoms with Crippen molar-refractivity contribution < 1.29 is 27.2 Å². The Morgan fingerprint density at radius 1 is 1.07 bits per heavy atom. The van der Waals surface area contributed by atoms with E-state index in [0.29, 0.717) is 60.9 Å². The fourth-order valence-corrected chi connectivity index (χ4v) is 6.95. The van der Waals surface area contributed by atoms with Crippen LogP contribution in [0.25, 0.3) is 21.7 Å². The molecule has 10 nitrogen and oxygen atoms in total. The number of alkyl halides is 3. The molecule has 0 aromatic carbocycles. The highest BCUT2D eigenvalue weighted by molar-refractivity contribution is 7.15. The molecule has 0 unspecified atom stereocenters. The number of aryl methyl sites for hydroxylation is 1. The lowest BCUT2D eigenvalue weighted by atomic mass is 9.57. The first-order valence-corrected chi connectivity index (χ1v) is 14.1. The van der Waals surface area contributed by atoms with Crippen LogP contribution in [0, 0.1) is 5.41 Å². The largest absolute Gasteiger partial charge is 0.427 e. The molecule has 4 heterocycles. The van der Waals surface area contributed by atoms with Gasteiger partial charge in [0.1, 0.15) is 27.2 Å². The molecular formula is C28H30F3N7O3S. The molecule has 14 heteroatoms. The average Bonchev–Trinajstić information content (AvgIpc) is 3.56. The van der Waals surface area contributed by atoms with Gasteiger partial charge in [-0.25, -0.2) is 19.7 Å². The maximum Gasteiger partial charge on any atom is 0.427 e. The molecule has 0 atom stereocenters. The minimum atomic E-state index is -4.58. The number of carbonyl (C=O) groups excluding carboxylic acids is 1. The molecule has 3 aliphatic carbocycles. The predicted octanol–water partition coefficient (Wildman–Crippen LogP) is 4.78. The Balaban J connectivity index is 1.45. The molecule has 3 saturated carbocycles. The zero-order chi connectivity index (χ0) is 32.7. The number of carbonyl (C=O) groups is 1. The molecule has 0 spiro atoms. The first kappa shape index (κ1) is 24.8. The van der Waals surface area contributed by atoms with Crippen molar-refractivity contribution in [1.29, 1.82) is 0 Å². The van der Waals surface area contributed by atoms with Gasteiger partial charge in [0.25, 0.3) is 0 Å². The number of halogens is 3. The smallest absolute Gasteiger partial charge is 0.386 e. The summed E-state index contributed by atoms with van der Waals surface area (Å²) < 4.78 is 66.3. The number of aliphatic hydroxyl groups is 1. The van der Waals surface area contributed by atoms with Crippen LogP contribution in [-0.4, -0.2) is 35.1 Å². The Morgan fingerprint density at radius 2 is 1.76 bits per heavy atom. The number of rotatable bonds is 6. The molecule has 4 aromatic heterocycles. The molecule has 222 valence electrons. The van der Waals surface area contributed by atoms with Crippen molar-refractivity contribution in [2.24, 2.45) is 18.1 Å². The van der Waals surface area contributed by atoms with Crippen LogP contribution in [0.2, 0.25) is 0 Å². The predicted molar refractivity (Wildman–Crippen MR) is 151 cm³/mol. The summed E-state index contributed by atoms with van der Waals surface area (Å²) in [6.45, 7) is 0.231. The second-order valence-corrected chi connectivity index (χ2v) is 12.7. The highest BCUT2D eigenvalue weighted by atomic mass is 32.1. The van der Waals surface area contributed by atoms with Gasteiger partial charge in [0.2, 0.25) is 5.91 Å². The van der Waals surface area contributed by atoms with E-state index in [9.17, 15) is 27.9 Å². The summed E-state index contributed by atoms with van der Waals surface area (Å²) in [4.78, 5) is 37.8. The summed E-state index contributed by atoms with van der Waals surface area (Å²) in [6, 6.07) is 4.49. The molecule has 42 heavy (non-hydrogen) atoms. The third kappa shape index (κ3) is 4.56. The fraction of sp³-hybridized carbons (Fsp3) is 0.464. The lowest BCUT2D eigenvalue weighted by Crippen LogP contribution is -2.54. The van der Waals surface area contributed by atoms with Crippen molar-refractivity contribution in [1.82, 2.24) is 24.1 Å². The third-order valence-electron chi connectivity index (χ3n) is 8.72. The number of hydrogen-bond donors (Lipinski definition) is 3. The van der Waals surface area contributed by atoms with E-state index in [0.717, 1.165) is 10.8 Å². The van der Waals surface area contributed by atoms with Crippen molar-refractivity contribution in [2.75, 3.05) is 5.32 Å². The van der Waals surface area contributed by atoms with Crippen LogP contribution in [0.1, 0.15) is 66.9 Å². The van der Waals surface area contributed by atoms with Gasteiger partial charge in [0.05, 0.1) is 29.0 Å². The minimum Gasteiger partial charge on any atom is -0.386 e. The molecular weight excluding hydrogens is 571 g/mol. The van der Waals surface area contributed by atoms with Crippen LogP contribution in [-0.2, 0) is 29.1 Å². The molecule has 4 N–H and O–H groups in total. The van der Waals surface area contributed by atoms with E-state index in [1.165, 1.54) is 42.8 Å². The molecule has 7 rings (SSSR count). The number of nitrogens with one attached hydrogen (secondary N) is 1. The van der Waals surface area contributed by atoms with Crippen LogP contribution in [0.5, 0.6) is 0 Å². The average molecular weight is 605 g/mol. The standard InChI is InChI=1S/C28H30F3N7O3S/c1-25(2,41)15-10-16(22-34-14-19(42-22)28(29,30)31)35-21(11-15)36-20-12-17-18(13-33-20)37(3)24(40)38(17)27-7-4-26(5-8-27,6-9-27)23(32)39/h10-14,41H,4-9H2,1-3H3,(H2,32,39)(H,33,35,36)/i3D3. The lowest BCUT2D eigenvalue weighted by Gasteiger charge is -2.52. The van der Waals surface area contributed by atoms with Crippen LogP contribution in [0.4, 0.5) is 24.8 Å². The number of aromatic nitrogens is 5. The second kappa shape index (κ2) is 9.36. The van der Waals surface area contributed by atoms with E-state index in [4.69, 9.17) is 9.85 Å². The summed E-state index contributed by atoms with van der Waals surface area (Å²) >= 11 is 0.414. The van der Waals surface area contributed by atoms with Crippen LogP contribution in [0.3, 0.4) is 0 Å². The van der Waals surface area contributed by atoms with Crippen molar-refractivity contribution in [3.8, 4) is 10.7 Å². The van der Waals surface area contributed by atoms with E-state index >= 15 is 0 Å². The van der Waals surface area contributed by atoms with Crippen molar-refractivity contribution in [3.63, 3.8) is 0 Å². The minimum absolute atomic E-state index is 0.00999. The number of amides is 1. The number of primary amides is 1. The summed E-state index contributed by atoms with van der Waals surface area (Å²) in [5, 5.41) is 13.7. The van der Waals surface area contributed by atoms with Gasteiger partial charge >= 0.3 is 11.9 Å². The lowest BCUT2D eigenvalue weighted by molar-refractivity contribution is -0.136. The normalized spacial score (nSPS) is 23.9. The number of pyridine rings is 2. The molecule has 0 radical (unpaired) electrons. The van der Waals surface area contributed by atoms with Crippen LogP contribution >= 0.6 is 11.3 Å². The zero-order valence-electron chi connectivity index (χ0n) is 25.7. The Hall–Kier alpha value is -3.78. The number of nitrogens with two attached hydrogens (primary N) is 1. The highest BCUT2D eigenvalue weighted by Crippen LogP contribution is 2.55. The van der Waals surface area contributed by atoms with Gasteiger partial charge < -0.3 is 16.2 Å². The number of imidazole rings is 1. The summed E-state index contributed by atoms with van der Waals surface area (Å²) in [6.07, 6.45) is 0.253. The molecule has 3 aliphatic rings. The third-order valence-corrected chi connectivity index (χ3v) is 9.79. The summed E-state index contributed by atoms with van der Waals surface area (Å²) in [7, 11) is 0. The quantitative estimate of drug-likeness (QED) is 0.288. The molecule has 0 saturated heterocycles. The number of hydrogen-bond acceptors (Lipinski definition) is 8. The monoisotopic (exact) mass is 604 g/mol. The SMILES string of the molecule is [2H]C([2H])([2H])n1c(=O)n(C23CCC(C(N)=O)(CC2)CC3)c2cc(Nc3cc(C(C)(C)O)cc(-c4ncc(C(F)(F)F)s4)n3)ncc21. The molecule has 0 aliphatic heterocycles. The van der Waals surface area contributed by atoms with Crippen LogP contribution in [0.15, 0.2) is 35.4 Å². The Morgan fingerprint density at radius 3 is 2.33 bits per heavy atom. The van der Waals surface area contributed by atoms with Gasteiger partial charge in [-0.15, -0.1) is 11.3 Å². The molecule has 4 aromatic rings. The zero-order valence-corrected chi connectivity index (χ0v) is 23.6. The van der Waals surface area contributed by atoms with Crippen molar-refractivity contribution >= 4 is 39.9 Å². The topological polar surface area (TPSA) is 141 Å². The second-order valence-electron chi connectivity index (χ2n) is 11.7. The molecule has 1 amide bonds. The Labute approximate surface area is 246 Å². The van der Waals surface area contributed by atoms with E-state index in [2.05, 4.69) is 20.3 Å². The first-order valence-electron chi connectivity index (χ1n) is 14.8. The van der Waals surface area contributed by atoms with E-state index < -0.39 is 40.3 Å². The van der Waals surface area contributed by atoms with E-state index in [-0.39, 0.29) is 33.8 Å². The Kier molecular flexibility index (Phi) is 5.52. The first-order chi connectivity index (χ1) is 20.8. The van der Waals surface area contributed by atoms with Gasteiger partial charge in [-0.1, -0.05) is 0 Å². The van der Waals surface area contributed by atoms with E-state index in [1.54, 1.807) is 0 Å². The van der Waals surface area contributed by atoms with Crippen molar-refractivity contribution in [3.05, 3.63) is 51.5 Å². The fourth-order valence-electron chi connectivity index (χ4n) is 6.20. The number of anilines is 2. The van der Waals surface area contributed by atoms with Gasteiger partial charge in [0.15, 0.2) is 0 Å². The van der Waals surface area contributed by atoms with E-state index in [1.807, 2.05) is 0 Å². The van der Waals surface area contributed by atoms with Gasteiger partial charge in [0, 0.05) is 28.1 Å². The number of thiazole rings is 1. The summed E-state index contributed by atoms with van der Waals surface area (Å²) in [5.41, 5.74) is 3.09. The van der Waals surface area contributed by atoms with Gasteiger partial charge in [-0.2, -0.15) is 13.2 Å². The van der Waals surface area contributed by atoms with Gasteiger partial charge in [-0.05, 0) is 70.1 Å². The maximum absolute atomic E-state index is 13.8. The molecule has 2 bridgehead atoms. The highest BCUT2D eigenvalue weighted by Gasteiger charge is 2.53. The summed E-state index contributed by atoms with van der Waals surface area (Å²) in [5.74, 6) is -0.0599. The van der Waals surface area contributed by atoms with Crippen LogP contribution < -0.4 is 16.7 Å².